The molecule has 0 radical (unpaired) electrons. The van der Waals surface area contributed by atoms with Crippen LogP contribution >= 0.6 is 0 Å². The van der Waals surface area contributed by atoms with Gasteiger partial charge in [0, 0.05) is 0 Å². The Bertz CT molecular complexity index is 124. The molecule has 0 saturated carbocycles. The SMILES string of the molecule is FC(F)C1=CCNC[I-]1. The summed E-state index contributed by atoms with van der Waals surface area (Å²) in [5.41, 5.74) is 0. The van der Waals surface area contributed by atoms with Gasteiger partial charge < -0.3 is 0 Å². The zero-order valence-electron chi connectivity index (χ0n) is 4.70. The van der Waals surface area contributed by atoms with E-state index in [0.29, 0.717) is 10.1 Å². The number of alkyl halides is 3. The first-order valence-electron chi connectivity index (χ1n) is 2.59. The molecule has 0 aliphatic carbocycles. The van der Waals surface area contributed by atoms with Crippen molar-refractivity contribution in [3.8, 4) is 0 Å². The molecular weight excluding hydrogens is 239 g/mol. The van der Waals surface area contributed by atoms with E-state index in [4.69, 9.17) is 0 Å². The van der Waals surface area contributed by atoms with E-state index in [2.05, 4.69) is 5.32 Å². The van der Waals surface area contributed by atoms with E-state index < -0.39 is 27.6 Å². The van der Waals surface area contributed by atoms with Crippen LogP contribution in [0.3, 0.4) is 0 Å². The first kappa shape index (κ1) is 7.40. The molecule has 1 aliphatic heterocycles. The van der Waals surface area contributed by atoms with Crippen LogP contribution in [0.4, 0.5) is 8.78 Å². The van der Waals surface area contributed by atoms with Gasteiger partial charge in [-0.3, -0.25) is 0 Å². The Labute approximate surface area is 62.8 Å². The molecule has 1 aliphatic rings. The van der Waals surface area contributed by atoms with Gasteiger partial charge in [-0.1, -0.05) is 0 Å². The molecule has 0 spiro atoms. The van der Waals surface area contributed by atoms with Crippen LogP contribution in [0.1, 0.15) is 0 Å². The molecule has 1 N–H and O–H groups in total. The molecule has 1 nitrogen and oxygen atoms in total. The maximum absolute atomic E-state index is 11.9. The van der Waals surface area contributed by atoms with Crippen LogP contribution in [0.2, 0.25) is 0 Å². The average Bonchev–Trinajstić information content (AvgIpc) is 1.90. The second-order valence-electron chi connectivity index (χ2n) is 1.61. The van der Waals surface area contributed by atoms with Crippen LogP contribution in [0.25, 0.3) is 0 Å². The van der Waals surface area contributed by atoms with E-state index in [1.54, 1.807) is 6.08 Å². The van der Waals surface area contributed by atoms with Crippen molar-refractivity contribution < 1.29 is 30.0 Å². The molecule has 4 heteroatoms. The summed E-state index contributed by atoms with van der Waals surface area (Å²) in [5, 5.41) is 3.01. The van der Waals surface area contributed by atoms with Gasteiger partial charge >= 0.3 is 62.5 Å². The van der Waals surface area contributed by atoms with E-state index >= 15 is 0 Å². The first-order valence-corrected chi connectivity index (χ1v) is 5.19. The monoisotopic (exact) mass is 246 g/mol. The van der Waals surface area contributed by atoms with Crippen molar-refractivity contribution >= 4 is 0 Å². The second-order valence-corrected chi connectivity index (χ2v) is 4.38. The Kier molecular flexibility index (Phi) is 2.84. The van der Waals surface area contributed by atoms with E-state index in [1.807, 2.05) is 0 Å². The summed E-state index contributed by atoms with van der Waals surface area (Å²) in [4.78, 5) is 0. The molecule has 9 heavy (non-hydrogen) atoms. The second kappa shape index (κ2) is 3.46. The zero-order valence-corrected chi connectivity index (χ0v) is 6.86. The van der Waals surface area contributed by atoms with Gasteiger partial charge in [0.1, 0.15) is 0 Å². The van der Waals surface area contributed by atoms with Gasteiger partial charge in [-0.15, -0.1) is 0 Å². The van der Waals surface area contributed by atoms with Gasteiger partial charge in [-0.25, -0.2) is 0 Å². The molecule has 0 saturated heterocycles. The van der Waals surface area contributed by atoms with Crippen LogP contribution in [0.5, 0.6) is 0 Å². The fraction of sp³-hybridized carbons (Fsp3) is 0.600. The summed E-state index contributed by atoms with van der Waals surface area (Å²) in [7, 11) is 0. The Morgan fingerprint density at radius 2 is 2.44 bits per heavy atom. The Morgan fingerprint density at radius 3 is 2.78 bits per heavy atom. The van der Waals surface area contributed by atoms with Gasteiger partial charge in [0.15, 0.2) is 0 Å². The molecule has 0 fully saturated rings. The van der Waals surface area contributed by atoms with Crippen LogP contribution < -0.4 is 26.5 Å². The van der Waals surface area contributed by atoms with Crippen molar-refractivity contribution in [2.45, 2.75) is 6.43 Å². The fourth-order valence-corrected chi connectivity index (χ4v) is 2.44. The third-order valence-electron chi connectivity index (χ3n) is 0.965. The summed E-state index contributed by atoms with van der Waals surface area (Å²) < 4.78 is 24.9. The Hall–Kier alpha value is 0.290. The van der Waals surface area contributed by atoms with E-state index in [-0.39, 0.29) is 0 Å². The van der Waals surface area contributed by atoms with Crippen LogP contribution in [-0.4, -0.2) is 17.5 Å². The molecule has 1 heterocycles. The average molecular weight is 246 g/mol. The van der Waals surface area contributed by atoms with Crippen LogP contribution in [0, 0.1) is 0 Å². The third-order valence-corrected chi connectivity index (χ3v) is 3.68. The number of hydrogen-bond acceptors (Lipinski definition) is 1. The molecule has 1 rings (SSSR count). The van der Waals surface area contributed by atoms with Crippen molar-refractivity contribution in [3.05, 3.63) is 9.66 Å². The van der Waals surface area contributed by atoms with Crippen LogP contribution in [0.15, 0.2) is 9.66 Å². The van der Waals surface area contributed by atoms with Gasteiger partial charge in [0.2, 0.25) is 0 Å². The van der Waals surface area contributed by atoms with Gasteiger partial charge in [-0.05, 0) is 0 Å². The van der Waals surface area contributed by atoms with Gasteiger partial charge in [0.05, 0.1) is 0 Å². The molecule has 0 unspecified atom stereocenters. The Balaban J connectivity index is 2.46. The van der Waals surface area contributed by atoms with Crippen LogP contribution in [-0.2, 0) is 0 Å². The van der Waals surface area contributed by atoms with E-state index in [9.17, 15) is 8.78 Å². The predicted molar refractivity (Wildman–Crippen MR) is 27.0 cm³/mol. The molecule has 0 aromatic rings. The summed E-state index contributed by atoms with van der Waals surface area (Å²) in [6.07, 6.45) is -0.582. The summed E-state index contributed by atoms with van der Waals surface area (Å²) in [5.74, 6) is 0. The molecule has 0 aromatic heterocycles. The van der Waals surface area contributed by atoms with Crippen molar-refractivity contribution in [1.29, 1.82) is 0 Å². The predicted octanol–water partition coefficient (Wildman–Crippen LogP) is -2.21. The molecule has 0 atom stereocenters. The summed E-state index contributed by atoms with van der Waals surface area (Å²) >= 11 is -0.391. The normalized spacial score (nSPS) is 21.0. The molecule has 54 valence electrons. The summed E-state index contributed by atoms with van der Waals surface area (Å²) in [6.45, 7) is 0.624. The summed E-state index contributed by atoms with van der Waals surface area (Å²) in [6, 6.07) is 0. The molecule has 0 amide bonds. The maximum atomic E-state index is 11.9. The number of hydrogen-bond donors (Lipinski definition) is 1. The standard InChI is InChI=1S/C5H7F2IN/c6-5(7)4-1-2-9-3-8-4/h1,5,9H,2-3H2/q-1. The zero-order chi connectivity index (χ0) is 6.69. The molecule has 0 bridgehead atoms. The van der Waals surface area contributed by atoms with Gasteiger partial charge in [-0.2, -0.15) is 0 Å². The van der Waals surface area contributed by atoms with E-state index in [1.165, 1.54) is 0 Å². The topological polar surface area (TPSA) is 12.0 Å². The first-order chi connectivity index (χ1) is 4.30. The number of allylic oxidation sites excluding steroid dienone is 1. The van der Waals surface area contributed by atoms with E-state index in [0.717, 1.165) is 4.55 Å². The van der Waals surface area contributed by atoms with Crippen molar-refractivity contribution in [3.63, 3.8) is 0 Å². The van der Waals surface area contributed by atoms with Crippen molar-refractivity contribution in [2.75, 3.05) is 11.1 Å². The minimum atomic E-state index is -2.19. The fourth-order valence-electron chi connectivity index (χ4n) is 0.551. The quantitative estimate of drug-likeness (QED) is 0.314. The number of rotatable bonds is 1. The minimum absolute atomic E-state index is 0.391. The van der Waals surface area contributed by atoms with Gasteiger partial charge in [0.25, 0.3) is 0 Å². The van der Waals surface area contributed by atoms with Crippen molar-refractivity contribution in [1.82, 2.24) is 5.32 Å². The third kappa shape index (κ3) is 2.17. The number of halogens is 3. The molecular formula is C5H7F2IN-. The Morgan fingerprint density at radius 1 is 1.67 bits per heavy atom. The van der Waals surface area contributed by atoms with Crippen molar-refractivity contribution in [2.24, 2.45) is 0 Å². The molecule has 0 aromatic carbocycles. The number of nitrogens with one attached hydrogen (secondary N) is 1.